The number of fused-ring (bicyclic) bond motifs is 3. The first-order valence-corrected chi connectivity index (χ1v) is 13.2. The van der Waals surface area contributed by atoms with Gasteiger partial charge in [-0.15, -0.1) is 0 Å². The first kappa shape index (κ1) is 28.3. The Balaban J connectivity index is 1.64. The number of carbonyl (C=O) groups excluding carboxylic acids is 1. The smallest absolute Gasteiger partial charge is 0.323 e. The summed E-state index contributed by atoms with van der Waals surface area (Å²) in [7, 11) is 0. The van der Waals surface area contributed by atoms with Gasteiger partial charge in [0.05, 0.1) is 13.2 Å². The van der Waals surface area contributed by atoms with Crippen LogP contribution in [0.4, 0.5) is 4.39 Å². The van der Waals surface area contributed by atoms with Gasteiger partial charge in [-0.25, -0.2) is 4.39 Å². The number of ether oxygens (including phenoxy) is 2. The van der Waals surface area contributed by atoms with Crippen molar-refractivity contribution in [1.82, 2.24) is 9.80 Å². The largest absolute Gasteiger partial charge is 0.491 e. The highest BCUT2D eigenvalue weighted by molar-refractivity contribution is 5.96. The zero-order valence-corrected chi connectivity index (χ0v) is 22.4. The molecule has 1 aliphatic heterocycles. The molecule has 0 saturated carbocycles. The average Bonchev–Trinajstić information content (AvgIpc) is 2.89. The number of carboxylic acids is 1. The fraction of sp³-hybridized carbons (Fsp3) is 0.355. The minimum atomic E-state index is -1.14. The Morgan fingerprint density at radius 1 is 1.00 bits per heavy atom. The van der Waals surface area contributed by atoms with Crippen LogP contribution in [0.15, 0.2) is 66.7 Å². The van der Waals surface area contributed by atoms with Gasteiger partial charge in [0.25, 0.3) is 5.91 Å². The molecule has 0 saturated heterocycles. The molecule has 1 heterocycles. The van der Waals surface area contributed by atoms with Crippen LogP contribution in [0.2, 0.25) is 0 Å². The van der Waals surface area contributed by atoms with Crippen molar-refractivity contribution in [3.8, 4) is 5.75 Å². The van der Waals surface area contributed by atoms with Crippen molar-refractivity contribution in [3.63, 3.8) is 0 Å². The summed E-state index contributed by atoms with van der Waals surface area (Å²) in [6, 6.07) is 19.7. The Labute approximate surface area is 228 Å². The fourth-order valence-corrected chi connectivity index (χ4v) is 4.70. The monoisotopic (exact) mass is 534 g/mol. The molecule has 7 nitrogen and oxygen atoms in total. The van der Waals surface area contributed by atoms with Gasteiger partial charge in [0.2, 0.25) is 0 Å². The number of amides is 1. The molecule has 0 unspecified atom stereocenters. The highest BCUT2D eigenvalue weighted by Gasteiger charge is 2.21. The van der Waals surface area contributed by atoms with Gasteiger partial charge < -0.3 is 19.5 Å². The average molecular weight is 535 g/mol. The molecular weight excluding hydrogens is 499 g/mol. The summed E-state index contributed by atoms with van der Waals surface area (Å²) in [6.07, 6.45) is 0.537. The normalized spacial score (nSPS) is 14.7. The van der Waals surface area contributed by atoms with Crippen molar-refractivity contribution in [3.05, 3.63) is 100 Å². The second-order valence-electron chi connectivity index (χ2n) is 10.0. The third-order valence-corrected chi connectivity index (χ3v) is 6.69. The maximum absolute atomic E-state index is 13.7. The molecule has 2 bridgehead atoms. The summed E-state index contributed by atoms with van der Waals surface area (Å²) in [5, 5.41) is 9.45. The van der Waals surface area contributed by atoms with E-state index >= 15 is 0 Å². The number of carbonyl (C=O) groups is 2. The summed E-state index contributed by atoms with van der Waals surface area (Å²) in [5.74, 6) is -1.39. The van der Waals surface area contributed by atoms with Crippen molar-refractivity contribution >= 4 is 11.9 Å². The second kappa shape index (κ2) is 13.4. The van der Waals surface area contributed by atoms with Crippen molar-refractivity contribution in [2.24, 2.45) is 0 Å². The van der Waals surface area contributed by atoms with Crippen LogP contribution >= 0.6 is 0 Å². The summed E-state index contributed by atoms with van der Waals surface area (Å²) in [5.41, 5.74) is 3.95. The lowest BCUT2D eigenvalue weighted by Crippen LogP contribution is -2.35. The first-order valence-electron chi connectivity index (χ1n) is 13.2. The molecule has 0 radical (unpaired) electrons. The molecule has 39 heavy (non-hydrogen) atoms. The number of benzene rings is 3. The number of nitrogens with zero attached hydrogens (tertiary/aromatic N) is 2. The van der Waals surface area contributed by atoms with Crippen LogP contribution in [-0.2, 0) is 29.0 Å². The summed E-state index contributed by atoms with van der Waals surface area (Å²) in [4.78, 5) is 28.6. The van der Waals surface area contributed by atoms with E-state index in [0.29, 0.717) is 49.2 Å². The summed E-state index contributed by atoms with van der Waals surface area (Å²) < 4.78 is 25.6. The van der Waals surface area contributed by atoms with Gasteiger partial charge in [-0.3, -0.25) is 14.5 Å². The van der Waals surface area contributed by atoms with E-state index in [4.69, 9.17) is 9.47 Å². The molecule has 1 N–H and O–H groups in total. The molecule has 3 aromatic rings. The Morgan fingerprint density at radius 3 is 2.56 bits per heavy atom. The van der Waals surface area contributed by atoms with E-state index in [0.717, 1.165) is 24.2 Å². The van der Waals surface area contributed by atoms with E-state index in [1.807, 2.05) is 6.07 Å². The molecule has 4 rings (SSSR count). The molecule has 0 aliphatic carbocycles. The Kier molecular flexibility index (Phi) is 9.68. The van der Waals surface area contributed by atoms with Gasteiger partial charge in [-0.05, 0) is 66.4 Å². The van der Waals surface area contributed by atoms with Gasteiger partial charge in [0.15, 0.2) is 0 Å². The van der Waals surface area contributed by atoms with Crippen molar-refractivity contribution in [2.45, 2.75) is 39.4 Å². The van der Waals surface area contributed by atoms with Crippen LogP contribution in [0.5, 0.6) is 5.75 Å². The maximum Gasteiger partial charge on any atom is 0.323 e. The second-order valence-corrected chi connectivity index (χ2v) is 10.0. The minimum absolute atomic E-state index is 0.0256. The molecule has 0 spiro atoms. The zero-order chi connectivity index (χ0) is 27.8. The Morgan fingerprint density at radius 2 is 1.79 bits per heavy atom. The highest BCUT2D eigenvalue weighted by Crippen LogP contribution is 2.26. The van der Waals surface area contributed by atoms with E-state index < -0.39 is 24.2 Å². The van der Waals surface area contributed by atoms with Gasteiger partial charge in [-0.2, -0.15) is 0 Å². The summed E-state index contributed by atoms with van der Waals surface area (Å²) in [6.45, 7) is 6.86. The minimum Gasteiger partial charge on any atom is -0.491 e. The lowest BCUT2D eigenvalue weighted by molar-refractivity contribution is -0.137. The Bertz CT molecular complexity index is 1300. The van der Waals surface area contributed by atoms with Crippen LogP contribution in [0, 0.1) is 5.82 Å². The topological polar surface area (TPSA) is 79.3 Å². The predicted octanol–water partition coefficient (Wildman–Crippen LogP) is 4.76. The van der Waals surface area contributed by atoms with Crippen LogP contribution in [0.1, 0.15) is 46.5 Å². The molecule has 0 fully saturated rings. The zero-order valence-electron chi connectivity index (χ0n) is 22.4. The molecule has 8 heteroatoms. The highest BCUT2D eigenvalue weighted by atomic mass is 19.1. The maximum atomic E-state index is 13.7. The molecule has 1 aliphatic rings. The number of carboxylic acid groups (broad SMARTS) is 1. The summed E-state index contributed by atoms with van der Waals surface area (Å²) >= 11 is 0. The van der Waals surface area contributed by atoms with Gasteiger partial charge in [0, 0.05) is 37.7 Å². The van der Waals surface area contributed by atoms with Gasteiger partial charge in [-0.1, -0.05) is 36.4 Å². The molecule has 0 atom stereocenters. The van der Waals surface area contributed by atoms with Crippen molar-refractivity contribution < 1.29 is 28.6 Å². The van der Waals surface area contributed by atoms with Crippen LogP contribution in [0.3, 0.4) is 0 Å². The van der Waals surface area contributed by atoms with E-state index in [1.165, 1.54) is 28.7 Å². The number of hydrogen-bond acceptors (Lipinski definition) is 5. The van der Waals surface area contributed by atoms with E-state index in [2.05, 4.69) is 36.9 Å². The standard InChI is InChI=1S/C31H35FN2O5/c1-22(2)33-11-12-38-13-14-39-29-10-9-26(18-27(29)16-23-5-3-6-24(15-23)19-33)31(37)34(21-30(35)36)20-25-7-4-8-28(32)17-25/h3-10,15,17-18,22H,11-14,16,19-21H2,1-2H3,(H,35,36). The van der Waals surface area contributed by atoms with Gasteiger partial charge in [0.1, 0.15) is 24.7 Å². The lowest BCUT2D eigenvalue weighted by atomic mass is 9.99. The van der Waals surface area contributed by atoms with Crippen molar-refractivity contribution in [1.29, 1.82) is 0 Å². The van der Waals surface area contributed by atoms with Gasteiger partial charge >= 0.3 is 5.97 Å². The molecule has 1 amide bonds. The van der Waals surface area contributed by atoms with Crippen molar-refractivity contribution in [2.75, 3.05) is 32.9 Å². The van der Waals surface area contributed by atoms with E-state index in [1.54, 1.807) is 24.3 Å². The first-order chi connectivity index (χ1) is 18.8. The number of aliphatic carboxylic acids is 1. The van der Waals surface area contributed by atoms with Crippen LogP contribution < -0.4 is 4.74 Å². The molecule has 206 valence electrons. The third-order valence-electron chi connectivity index (χ3n) is 6.69. The van der Waals surface area contributed by atoms with E-state index in [9.17, 15) is 19.1 Å². The number of rotatable bonds is 6. The predicted molar refractivity (Wildman–Crippen MR) is 146 cm³/mol. The quantitative estimate of drug-likeness (QED) is 0.491. The fourth-order valence-electron chi connectivity index (χ4n) is 4.70. The number of halogens is 1. The molecule has 3 aromatic carbocycles. The van der Waals surface area contributed by atoms with E-state index in [-0.39, 0.29) is 6.54 Å². The SMILES string of the molecule is CC(C)N1CCOCCOc2ccc(C(=O)N(CC(=O)O)Cc3cccc(F)c3)cc2Cc2cccc(c2)C1. The van der Waals surface area contributed by atoms with Crippen LogP contribution in [-0.4, -0.2) is 65.7 Å². The lowest BCUT2D eigenvalue weighted by Gasteiger charge is -2.27. The third kappa shape index (κ3) is 8.12. The van der Waals surface area contributed by atoms with Crippen LogP contribution in [0.25, 0.3) is 0 Å². The molecular formula is C31H35FN2O5. The Hall–Kier alpha value is -3.75. The molecule has 0 aromatic heterocycles. The number of hydrogen-bond donors (Lipinski definition) is 1.